The van der Waals surface area contributed by atoms with Crippen molar-refractivity contribution < 1.29 is 24.2 Å². The van der Waals surface area contributed by atoms with E-state index in [0.29, 0.717) is 25.8 Å². The van der Waals surface area contributed by atoms with E-state index in [1.54, 1.807) is 0 Å². The zero-order valence-electron chi connectivity index (χ0n) is 19.8. The molecule has 3 aliphatic rings. The summed E-state index contributed by atoms with van der Waals surface area (Å²) in [7, 11) is 0. The van der Waals surface area contributed by atoms with E-state index in [4.69, 9.17) is 4.74 Å². The molecule has 2 aromatic carbocycles. The Morgan fingerprint density at radius 2 is 1.54 bits per heavy atom. The summed E-state index contributed by atoms with van der Waals surface area (Å²) >= 11 is 0. The molecule has 0 aliphatic heterocycles. The fourth-order valence-corrected chi connectivity index (χ4v) is 5.74. The highest BCUT2D eigenvalue weighted by atomic mass is 16.5. The Bertz CT molecular complexity index is 1080. The summed E-state index contributed by atoms with van der Waals surface area (Å²) in [6.07, 6.45) is 4.26. The second kappa shape index (κ2) is 9.72. The van der Waals surface area contributed by atoms with E-state index in [2.05, 4.69) is 34.9 Å². The zero-order valence-corrected chi connectivity index (χ0v) is 19.8. The molecule has 2 aromatic rings. The average molecular weight is 477 g/mol. The van der Waals surface area contributed by atoms with Crippen LogP contribution >= 0.6 is 0 Å². The minimum absolute atomic E-state index is 0.00828. The number of hydrogen-bond donors (Lipinski definition) is 3. The number of alkyl carbamates (subject to hydrolysis) is 1. The van der Waals surface area contributed by atoms with E-state index in [0.717, 1.165) is 30.4 Å². The van der Waals surface area contributed by atoms with Crippen LogP contribution in [-0.2, 0) is 14.3 Å². The Morgan fingerprint density at radius 1 is 0.914 bits per heavy atom. The molecule has 0 heterocycles. The van der Waals surface area contributed by atoms with E-state index in [1.807, 2.05) is 24.3 Å². The van der Waals surface area contributed by atoms with Crippen molar-refractivity contribution in [3.8, 4) is 11.1 Å². The summed E-state index contributed by atoms with van der Waals surface area (Å²) in [6.45, 7) is 0.814. The molecule has 2 saturated carbocycles. The normalized spacial score (nSPS) is 21.9. The maximum atomic E-state index is 12.6. The number of rotatable bonds is 8. The van der Waals surface area contributed by atoms with Crippen LogP contribution in [0.25, 0.3) is 11.1 Å². The van der Waals surface area contributed by atoms with Gasteiger partial charge in [0.05, 0.1) is 5.41 Å². The largest absolute Gasteiger partial charge is 0.481 e. The maximum absolute atomic E-state index is 12.6. The second-order valence-corrected chi connectivity index (χ2v) is 10.2. The molecule has 0 spiro atoms. The molecule has 184 valence electrons. The monoisotopic (exact) mass is 476 g/mol. The van der Waals surface area contributed by atoms with Crippen molar-refractivity contribution in [1.82, 2.24) is 10.6 Å². The van der Waals surface area contributed by atoms with Crippen LogP contribution in [0.2, 0.25) is 0 Å². The van der Waals surface area contributed by atoms with Crippen LogP contribution in [0.1, 0.15) is 55.6 Å². The zero-order chi connectivity index (χ0) is 24.4. The molecule has 2 fully saturated rings. The molecule has 3 N–H and O–H groups in total. The predicted molar refractivity (Wildman–Crippen MR) is 131 cm³/mol. The highest BCUT2D eigenvalue weighted by Crippen LogP contribution is 2.44. The van der Waals surface area contributed by atoms with Gasteiger partial charge in [-0.15, -0.1) is 0 Å². The highest BCUT2D eigenvalue weighted by molar-refractivity contribution is 5.83. The molecule has 7 heteroatoms. The van der Waals surface area contributed by atoms with Crippen LogP contribution in [0.15, 0.2) is 48.5 Å². The Morgan fingerprint density at radius 3 is 2.17 bits per heavy atom. The third kappa shape index (κ3) is 4.77. The van der Waals surface area contributed by atoms with Crippen LogP contribution in [0.5, 0.6) is 0 Å². The van der Waals surface area contributed by atoms with Gasteiger partial charge in [0.1, 0.15) is 6.61 Å². The van der Waals surface area contributed by atoms with Gasteiger partial charge in [0.25, 0.3) is 0 Å². The number of carbonyl (C=O) groups excluding carboxylic acids is 2. The van der Waals surface area contributed by atoms with Crippen LogP contribution in [-0.4, -0.2) is 42.8 Å². The van der Waals surface area contributed by atoms with Gasteiger partial charge >= 0.3 is 12.1 Å². The number of carboxylic acids is 1. The third-order valence-electron chi connectivity index (χ3n) is 7.98. The van der Waals surface area contributed by atoms with Crippen LogP contribution in [0, 0.1) is 17.3 Å². The molecular weight excluding hydrogens is 444 g/mol. The first-order valence-electron chi connectivity index (χ1n) is 12.6. The molecule has 3 aliphatic carbocycles. The number of carbonyl (C=O) groups is 3. The van der Waals surface area contributed by atoms with Crippen LogP contribution < -0.4 is 10.6 Å². The minimum Gasteiger partial charge on any atom is -0.481 e. The number of benzene rings is 2. The second-order valence-electron chi connectivity index (χ2n) is 10.2. The topological polar surface area (TPSA) is 105 Å². The number of amides is 2. The van der Waals surface area contributed by atoms with Crippen molar-refractivity contribution in [3.05, 3.63) is 59.7 Å². The molecule has 0 unspecified atom stereocenters. The van der Waals surface area contributed by atoms with E-state index >= 15 is 0 Å². The van der Waals surface area contributed by atoms with Crippen molar-refractivity contribution in [2.24, 2.45) is 17.3 Å². The van der Waals surface area contributed by atoms with Gasteiger partial charge in [0.2, 0.25) is 5.91 Å². The van der Waals surface area contributed by atoms with Crippen molar-refractivity contribution in [2.45, 2.75) is 44.4 Å². The molecule has 7 nitrogen and oxygen atoms in total. The van der Waals surface area contributed by atoms with Crippen molar-refractivity contribution in [1.29, 1.82) is 0 Å². The summed E-state index contributed by atoms with van der Waals surface area (Å²) in [6, 6.07) is 16.4. The smallest absolute Gasteiger partial charge is 0.407 e. The quantitative estimate of drug-likeness (QED) is 0.527. The molecule has 35 heavy (non-hydrogen) atoms. The Hall–Kier alpha value is -3.35. The first-order chi connectivity index (χ1) is 17.0. The third-order valence-corrected chi connectivity index (χ3v) is 7.98. The lowest BCUT2D eigenvalue weighted by Crippen LogP contribution is -2.45. The first kappa shape index (κ1) is 23.4. The summed E-state index contributed by atoms with van der Waals surface area (Å²) in [5.74, 6) is -1.05. The summed E-state index contributed by atoms with van der Waals surface area (Å²) in [5, 5.41) is 15.3. The van der Waals surface area contributed by atoms with Gasteiger partial charge < -0.3 is 20.5 Å². The fourth-order valence-electron chi connectivity index (χ4n) is 5.74. The van der Waals surface area contributed by atoms with Crippen molar-refractivity contribution in [3.63, 3.8) is 0 Å². The molecular formula is C28H32N2O5. The Balaban J connectivity index is 1.07. The van der Waals surface area contributed by atoms with Gasteiger partial charge in [0, 0.05) is 24.9 Å². The maximum Gasteiger partial charge on any atom is 0.407 e. The van der Waals surface area contributed by atoms with Gasteiger partial charge in [0.15, 0.2) is 0 Å². The summed E-state index contributed by atoms with van der Waals surface area (Å²) in [4.78, 5) is 36.7. The number of fused-ring (bicyclic) bond motifs is 3. The lowest BCUT2D eigenvalue weighted by atomic mass is 9.74. The summed E-state index contributed by atoms with van der Waals surface area (Å²) < 4.78 is 5.56. The first-order valence-corrected chi connectivity index (χ1v) is 12.6. The molecule has 0 saturated heterocycles. The van der Waals surface area contributed by atoms with Gasteiger partial charge in [-0.05, 0) is 47.4 Å². The van der Waals surface area contributed by atoms with E-state index in [-0.39, 0.29) is 36.8 Å². The molecule has 0 bridgehead atoms. The molecule has 2 atom stereocenters. The standard InChI is InChI=1S/C28H32N2O5/c31-25(30-17-28(26(32)33)12-6-1-7-13-28)23-14-18(23)15-29-27(34)35-16-24-21-10-4-2-8-19(21)20-9-3-5-11-22(20)24/h2-5,8-11,18,23-24H,1,6-7,12-17H2,(H,29,34)(H,30,31)(H,32,33)/t18-,23-/m0/s1. The summed E-state index contributed by atoms with van der Waals surface area (Å²) in [5.41, 5.74) is 3.86. The number of hydrogen-bond acceptors (Lipinski definition) is 4. The molecule has 0 aromatic heterocycles. The number of aliphatic carboxylic acids is 1. The number of nitrogens with one attached hydrogen (secondary N) is 2. The van der Waals surface area contributed by atoms with Crippen LogP contribution in [0.4, 0.5) is 4.79 Å². The fraction of sp³-hybridized carbons (Fsp3) is 0.464. The minimum atomic E-state index is -0.835. The number of carboxylic acid groups (broad SMARTS) is 1. The van der Waals surface area contributed by atoms with E-state index in [1.165, 1.54) is 11.1 Å². The van der Waals surface area contributed by atoms with Gasteiger partial charge in [-0.3, -0.25) is 9.59 Å². The Kier molecular flexibility index (Phi) is 6.50. The average Bonchev–Trinajstić information content (AvgIpc) is 3.60. The molecule has 2 amide bonds. The highest BCUT2D eigenvalue weighted by Gasteiger charge is 2.45. The predicted octanol–water partition coefficient (Wildman–Crippen LogP) is 4.31. The van der Waals surface area contributed by atoms with Crippen LogP contribution in [0.3, 0.4) is 0 Å². The number of ether oxygens (including phenoxy) is 1. The molecule has 0 radical (unpaired) electrons. The van der Waals surface area contributed by atoms with Gasteiger partial charge in [-0.25, -0.2) is 4.79 Å². The lowest BCUT2D eigenvalue weighted by Gasteiger charge is -2.33. The Labute approximate surface area is 205 Å². The SMILES string of the molecule is O=C(NC[C@@H]1C[C@@H]1C(=O)NCC1(C(=O)O)CCCCC1)OCC1c2ccccc2-c2ccccc21. The van der Waals surface area contributed by atoms with E-state index in [9.17, 15) is 19.5 Å². The van der Waals surface area contributed by atoms with Gasteiger partial charge in [-0.1, -0.05) is 67.8 Å². The van der Waals surface area contributed by atoms with Crippen molar-refractivity contribution in [2.75, 3.05) is 19.7 Å². The van der Waals surface area contributed by atoms with Gasteiger partial charge in [-0.2, -0.15) is 0 Å². The molecule has 5 rings (SSSR count). The van der Waals surface area contributed by atoms with Crippen molar-refractivity contribution >= 4 is 18.0 Å². The van der Waals surface area contributed by atoms with E-state index < -0.39 is 17.5 Å². The lowest BCUT2D eigenvalue weighted by molar-refractivity contribution is -0.151.